The van der Waals surface area contributed by atoms with Crippen molar-refractivity contribution in [1.29, 1.82) is 0 Å². The zero-order valence-electron chi connectivity index (χ0n) is 34.0. The lowest BCUT2D eigenvalue weighted by atomic mass is 9.70. The van der Waals surface area contributed by atoms with Crippen LogP contribution < -0.4 is 35.4 Å². The van der Waals surface area contributed by atoms with Crippen molar-refractivity contribution >= 4 is 6.08 Å². The van der Waals surface area contributed by atoms with Gasteiger partial charge in [0.25, 0.3) is 0 Å². The number of nitrogens with one attached hydrogen (secondary N) is 2. The van der Waals surface area contributed by atoms with Gasteiger partial charge in [-0.2, -0.15) is 0 Å². The first kappa shape index (κ1) is 39.1. The predicted octanol–water partition coefficient (Wildman–Crippen LogP) is 5.37. The summed E-state index contributed by atoms with van der Waals surface area (Å²) in [5, 5.41) is 41.7. The van der Waals surface area contributed by atoms with Gasteiger partial charge in [0.05, 0.1) is 32.3 Å². The van der Waals surface area contributed by atoms with Crippen LogP contribution >= 0.6 is 0 Å². The molecule has 10 heteroatoms. The maximum atomic E-state index is 11.5. The molecule has 0 bridgehead atoms. The maximum Gasteiger partial charge on any atom is 0.161 e. The molecule has 0 radical (unpaired) electrons. The topological polar surface area (TPSA) is 134 Å². The number of methoxy groups -OCH3 is 1. The molecule has 0 aromatic heterocycles. The first-order chi connectivity index (χ1) is 28.8. The average molecular weight is 796 g/mol. The predicted molar refractivity (Wildman–Crippen MR) is 227 cm³/mol. The van der Waals surface area contributed by atoms with Gasteiger partial charge in [-0.1, -0.05) is 48.5 Å². The van der Waals surface area contributed by atoms with Crippen molar-refractivity contribution in [3.63, 3.8) is 0 Å². The molecule has 0 saturated heterocycles. The second-order valence-electron chi connectivity index (χ2n) is 16.4. The van der Waals surface area contributed by atoms with Gasteiger partial charge in [-0.25, -0.2) is 0 Å². The van der Waals surface area contributed by atoms with Crippen molar-refractivity contribution < 1.29 is 34.3 Å². The molecule has 4 aliphatic rings. The zero-order chi connectivity index (χ0) is 40.7. The minimum Gasteiger partial charge on any atom is -0.508 e. The van der Waals surface area contributed by atoms with E-state index in [1.54, 1.807) is 13.2 Å². The van der Waals surface area contributed by atoms with Gasteiger partial charge in [0.1, 0.15) is 29.0 Å². The number of phenols is 2. The molecule has 5 aromatic carbocycles. The van der Waals surface area contributed by atoms with E-state index < -0.39 is 11.7 Å². The molecular weight excluding hydrogens is 743 g/mol. The molecule has 306 valence electrons. The average Bonchev–Trinajstić information content (AvgIpc) is 3.74. The maximum absolute atomic E-state index is 11.5. The van der Waals surface area contributed by atoms with E-state index in [-0.39, 0.29) is 36.9 Å². The number of rotatable bonds is 13. The summed E-state index contributed by atoms with van der Waals surface area (Å²) in [6.07, 6.45) is 5.85. The number of aromatic hydroxyl groups is 2. The lowest BCUT2D eigenvalue weighted by molar-refractivity contribution is -0.128. The molecule has 59 heavy (non-hydrogen) atoms. The molecule has 5 aromatic rings. The molecule has 4 unspecified atom stereocenters. The lowest BCUT2D eigenvalue weighted by Gasteiger charge is -2.47. The fraction of sp³-hybridized carbons (Fsp3) is 0.367. The standard InChI is InChI=1S/C49H53N3O7/c1-50-27-49(57-28-51-2)25-41-40-22-33(20-30-10-16-42-31(19-30)17-18-52-42)39-24-35(54)12-14-37(39)44(40)47-38(15-13-36(26-53)58-47)46(41)59-48(49)34-21-32(45(55)43(23-34)56-3)11-9-29-7-5-4-6-8-29/h4-8,10,12,14,16-17,19,21,23-24,33,36,48,50-51,53-55H,9,11,13,15,18,20,22,25-28H2,1-3H3. The van der Waals surface area contributed by atoms with Crippen LogP contribution in [0.2, 0.25) is 0 Å². The summed E-state index contributed by atoms with van der Waals surface area (Å²) in [6, 6.07) is 26.4. The molecule has 3 heterocycles. The van der Waals surface area contributed by atoms with Crippen molar-refractivity contribution in [3.05, 3.63) is 134 Å². The summed E-state index contributed by atoms with van der Waals surface area (Å²) in [6.45, 7) is 1.37. The van der Waals surface area contributed by atoms with Gasteiger partial charge in [-0.05, 0) is 139 Å². The minimum absolute atomic E-state index is 0.0450. The highest BCUT2D eigenvalue weighted by Gasteiger charge is 2.50. The summed E-state index contributed by atoms with van der Waals surface area (Å²) in [4.78, 5) is 4.61. The molecule has 5 N–H and O–H groups in total. The Morgan fingerprint density at radius 1 is 0.881 bits per heavy atom. The van der Waals surface area contributed by atoms with Crippen LogP contribution in [0.1, 0.15) is 63.0 Å². The number of fused-ring (bicyclic) bond motifs is 9. The highest BCUT2D eigenvalue weighted by atomic mass is 16.6. The van der Waals surface area contributed by atoms with Gasteiger partial charge in [-0.15, -0.1) is 0 Å². The van der Waals surface area contributed by atoms with E-state index in [1.165, 1.54) is 11.1 Å². The van der Waals surface area contributed by atoms with Gasteiger partial charge in [0.2, 0.25) is 0 Å². The lowest BCUT2D eigenvalue weighted by Crippen LogP contribution is -2.54. The monoisotopic (exact) mass is 795 g/mol. The fourth-order valence-corrected chi connectivity index (χ4v) is 9.88. The van der Waals surface area contributed by atoms with E-state index in [0.717, 1.165) is 79.4 Å². The van der Waals surface area contributed by atoms with Crippen molar-refractivity contribution in [2.75, 3.05) is 47.6 Å². The number of hydrogen-bond donors (Lipinski definition) is 5. The van der Waals surface area contributed by atoms with Gasteiger partial charge >= 0.3 is 0 Å². The van der Waals surface area contributed by atoms with E-state index in [4.69, 9.17) is 18.9 Å². The highest BCUT2D eigenvalue weighted by Crippen LogP contribution is 2.57. The summed E-state index contributed by atoms with van der Waals surface area (Å²) in [5.74, 6) is 2.32. The van der Waals surface area contributed by atoms with E-state index in [1.807, 2.05) is 56.6 Å². The third-order valence-electron chi connectivity index (χ3n) is 12.7. The minimum atomic E-state index is -0.890. The summed E-state index contributed by atoms with van der Waals surface area (Å²) >= 11 is 0. The molecule has 10 nitrogen and oxygen atoms in total. The molecule has 9 rings (SSSR count). The van der Waals surface area contributed by atoms with Crippen LogP contribution in [0.15, 0.2) is 83.9 Å². The third-order valence-corrected chi connectivity index (χ3v) is 12.7. The smallest absolute Gasteiger partial charge is 0.161 e. The van der Waals surface area contributed by atoms with E-state index >= 15 is 0 Å². The fourth-order valence-electron chi connectivity index (χ4n) is 9.88. The molecule has 0 amide bonds. The Bertz CT molecular complexity index is 2510. The van der Waals surface area contributed by atoms with Gasteiger partial charge < -0.3 is 39.6 Å². The van der Waals surface area contributed by atoms with Crippen molar-refractivity contribution in [1.82, 2.24) is 10.6 Å². The quantitative estimate of drug-likeness (QED) is 0.0999. The van der Waals surface area contributed by atoms with Crippen molar-refractivity contribution in [2.24, 2.45) is 4.99 Å². The second kappa shape index (κ2) is 16.3. The van der Waals surface area contributed by atoms with Gasteiger partial charge in [0.15, 0.2) is 17.6 Å². The van der Waals surface area contributed by atoms with E-state index in [9.17, 15) is 15.3 Å². The summed E-state index contributed by atoms with van der Waals surface area (Å²) in [7, 11) is 5.39. The first-order valence-corrected chi connectivity index (χ1v) is 20.8. The Balaban J connectivity index is 1.22. The van der Waals surface area contributed by atoms with Crippen LogP contribution in [0.3, 0.4) is 0 Å². The third kappa shape index (κ3) is 7.22. The number of ether oxygens (including phenoxy) is 4. The summed E-state index contributed by atoms with van der Waals surface area (Å²) in [5.41, 5.74) is 9.43. The van der Waals surface area contributed by atoms with Gasteiger partial charge in [-0.3, -0.25) is 10.3 Å². The molecular formula is C49H53N3O7. The Kier molecular flexibility index (Phi) is 10.8. The second-order valence-corrected chi connectivity index (χ2v) is 16.4. The number of benzene rings is 5. The van der Waals surface area contributed by atoms with E-state index in [2.05, 4.69) is 52.0 Å². The first-order valence-electron chi connectivity index (χ1n) is 20.8. The number of hydrogen-bond acceptors (Lipinski definition) is 10. The van der Waals surface area contributed by atoms with Crippen LogP contribution in [0.25, 0.3) is 17.2 Å². The van der Waals surface area contributed by atoms with Crippen LogP contribution in [0, 0.1) is 0 Å². The van der Waals surface area contributed by atoms with Crippen LogP contribution in [0.4, 0.5) is 0 Å². The molecule has 1 aliphatic carbocycles. The van der Waals surface area contributed by atoms with Crippen LogP contribution in [-0.2, 0) is 43.3 Å². The van der Waals surface area contributed by atoms with Crippen LogP contribution in [-0.4, -0.2) is 74.7 Å². The number of likely N-dealkylation sites (N-methyl/N-ethyl adjacent to an activating group) is 1. The van der Waals surface area contributed by atoms with Crippen molar-refractivity contribution in [2.45, 2.75) is 68.7 Å². The number of phenolic OH excluding ortho intramolecular Hbond substituents is 2. The highest BCUT2D eigenvalue weighted by molar-refractivity contribution is 5.85. The van der Waals surface area contributed by atoms with E-state index in [0.29, 0.717) is 50.9 Å². The zero-order valence-corrected chi connectivity index (χ0v) is 34.0. The normalized spacial score (nSPS) is 21.1. The largest absolute Gasteiger partial charge is 0.508 e. The number of nitrogens with zero attached hydrogens (tertiary/aromatic N) is 1. The van der Waals surface area contributed by atoms with Gasteiger partial charge in [0, 0.05) is 29.7 Å². The molecule has 4 atom stereocenters. The Labute approximate surface area is 345 Å². The summed E-state index contributed by atoms with van der Waals surface area (Å²) < 4.78 is 27.0. The molecule has 3 aliphatic heterocycles. The van der Waals surface area contributed by atoms with Crippen molar-refractivity contribution in [3.8, 4) is 39.9 Å². The Morgan fingerprint density at radius 2 is 1.75 bits per heavy atom. The Morgan fingerprint density at radius 3 is 2.54 bits per heavy atom. The molecule has 0 fully saturated rings. The number of aliphatic hydroxyl groups excluding tert-OH is 1. The molecule has 0 spiro atoms. The number of aliphatic hydroxyl groups is 1. The van der Waals surface area contributed by atoms with Crippen LogP contribution in [0.5, 0.6) is 28.7 Å². The number of aryl methyl sites for hydroxylation is 2. The Hall–Kier alpha value is -5.39. The SMILES string of the molecule is CNCOC1(CNC)Cc2c3c(c4c(c2OC1c1cc(CCc2ccccc2)c(O)c(OC)c1)CCC(CO)O4)-c1ccc(O)cc1C(Cc1ccc2c(c1)=CCN=2)C3. The molecule has 0 saturated carbocycles.